The van der Waals surface area contributed by atoms with Crippen molar-refractivity contribution in [3.8, 4) is 5.75 Å². The van der Waals surface area contributed by atoms with Crippen LogP contribution in [0.2, 0.25) is 0 Å². The minimum Gasteiger partial charge on any atom is -0.491 e. The second kappa shape index (κ2) is 7.05. The molecule has 1 aliphatic carbocycles. The van der Waals surface area contributed by atoms with Gasteiger partial charge in [0.05, 0.1) is 36.5 Å². The van der Waals surface area contributed by atoms with Gasteiger partial charge in [0.2, 0.25) is 0 Å². The molecule has 1 saturated carbocycles. The molecule has 0 saturated heterocycles. The summed E-state index contributed by atoms with van der Waals surface area (Å²) >= 11 is 0. The van der Waals surface area contributed by atoms with Crippen LogP contribution in [0.3, 0.4) is 0 Å². The number of ether oxygens (including phenoxy) is 2. The summed E-state index contributed by atoms with van der Waals surface area (Å²) in [6.07, 6.45) is -1.28. The van der Waals surface area contributed by atoms with E-state index in [1.807, 2.05) is 0 Å². The third kappa shape index (κ3) is 3.28. The zero-order valence-corrected chi connectivity index (χ0v) is 17.4. The summed E-state index contributed by atoms with van der Waals surface area (Å²) in [6, 6.07) is 4.66. The van der Waals surface area contributed by atoms with Crippen molar-refractivity contribution in [3.63, 3.8) is 0 Å². The van der Waals surface area contributed by atoms with E-state index in [-0.39, 0.29) is 30.0 Å². The lowest BCUT2D eigenvalue weighted by Gasteiger charge is -2.28. The van der Waals surface area contributed by atoms with Gasteiger partial charge in [0, 0.05) is 22.6 Å². The van der Waals surface area contributed by atoms with E-state index in [2.05, 4.69) is 9.97 Å². The average Bonchev–Trinajstić information content (AvgIpc) is 3.32. The summed E-state index contributed by atoms with van der Waals surface area (Å²) in [5.41, 5.74) is 8.38. The van der Waals surface area contributed by atoms with Gasteiger partial charge in [0.1, 0.15) is 23.9 Å². The Labute approximate surface area is 186 Å². The highest BCUT2D eigenvalue weighted by Crippen LogP contribution is 2.44. The lowest BCUT2D eigenvalue weighted by Crippen LogP contribution is -2.38. The van der Waals surface area contributed by atoms with Crippen LogP contribution in [-0.4, -0.2) is 33.4 Å². The minimum atomic E-state index is -4.46. The number of pyridine rings is 2. The Morgan fingerprint density at radius 3 is 2.70 bits per heavy atom. The molecular weight excluding hydrogens is 437 g/mol. The van der Waals surface area contributed by atoms with Crippen LogP contribution in [0, 0.1) is 0 Å². The Hall–Kier alpha value is -3.40. The molecule has 0 unspecified atom stereocenters. The van der Waals surface area contributed by atoms with Crippen molar-refractivity contribution in [1.82, 2.24) is 14.9 Å². The number of nitrogens with two attached hydrogens (primary N) is 1. The van der Waals surface area contributed by atoms with Crippen LogP contribution in [0.25, 0.3) is 10.9 Å². The number of fused-ring (bicyclic) bond motifs is 4. The number of hydrogen-bond acceptors (Lipinski definition) is 6. The molecule has 170 valence electrons. The fourth-order valence-corrected chi connectivity index (χ4v) is 4.64. The molecule has 2 aromatic heterocycles. The van der Waals surface area contributed by atoms with Gasteiger partial charge in [0.15, 0.2) is 0 Å². The zero-order chi connectivity index (χ0) is 22.9. The topological polar surface area (TPSA) is 90.6 Å². The molecule has 0 bridgehead atoms. The van der Waals surface area contributed by atoms with Crippen molar-refractivity contribution in [1.29, 1.82) is 0 Å². The van der Waals surface area contributed by atoms with Crippen LogP contribution >= 0.6 is 0 Å². The van der Waals surface area contributed by atoms with Crippen molar-refractivity contribution in [2.75, 3.05) is 12.3 Å². The molecule has 2 N–H and O–H groups in total. The Morgan fingerprint density at radius 1 is 1.15 bits per heavy atom. The smallest absolute Gasteiger partial charge is 0.416 e. The highest BCUT2D eigenvalue weighted by molar-refractivity contribution is 5.97. The number of aromatic nitrogens is 2. The predicted molar refractivity (Wildman–Crippen MR) is 111 cm³/mol. The van der Waals surface area contributed by atoms with Crippen molar-refractivity contribution >= 4 is 22.6 Å². The predicted octanol–water partition coefficient (Wildman–Crippen LogP) is 4.00. The van der Waals surface area contributed by atoms with E-state index in [0.29, 0.717) is 30.1 Å². The second-order valence-electron chi connectivity index (χ2n) is 8.55. The normalized spacial score (nSPS) is 19.3. The number of carbonyl (C=O) groups is 1. The van der Waals surface area contributed by atoms with Gasteiger partial charge >= 0.3 is 6.18 Å². The first-order chi connectivity index (χ1) is 15.8. The minimum absolute atomic E-state index is 0.00423. The van der Waals surface area contributed by atoms with E-state index >= 15 is 0 Å². The van der Waals surface area contributed by atoms with Crippen molar-refractivity contribution < 1.29 is 27.4 Å². The summed E-state index contributed by atoms with van der Waals surface area (Å²) in [4.78, 5) is 24.0. The first-order valence-electron chi connectivity index (χ1n) is 10.6. The lowest BCUT2D eigenvalue weighted by molar-refractivity contribution is -0.137. The van der Waals surface area contributed by atoms with Crippen molar-refractivity contribution in [2.45, 2.75) is 44.3 Å². The van der Waals surface area contributed by atoms with Gasteiger partial charge in [-0.3, -0.25) is 4.79 Å². The van der Waals surface area contributed by atoms with Crippen LogP contribution < -0.4 is 10.5 Å². The maximum Gasteiger partial charge on any atom is 0.416 e. The monoisotopic (exact) mass is 456 g/mol. The molecule has 1 fully saturated rings. The van der Waals surface area contributed by atoms with Gasteiger partial charge in [0.25, 0.3) is 5.91 Å². The standard InChI is InChI=1S/C23H19F3N4O3/c24-23(25,26)11-1-4-13-19(10-33-20(13)5-11)30(12-2-3-12)22(31)17-6-14-15-8-32-9-16(15)21(27)29-18(14)7-28-17/h1,4-7,12,19H,2-3,8-10H2,(H2,27,29)/t19-/m1/s1. The summed E-state index contributed by atoms with van der Waals surface area (Å²) < 4.78 is 50.4. The van der Waals surface area contributed by atoms with E-state index in [4.69, 9.17) is 15.2 Å². The Balaban J connectivity index is 1.37. The molecule has 1 aromatic carbocycles. The summed E-state index contributed by atoms with van der Waals surface area (Å²) in [7, 11) is 0. The number of halogens is 3. The number of carbonyl (C=O) groups excluding carboxylic acids is 1. The molecule has 4 heterocycles. The summed E-state index contributed by atoms with van der Waals surface area (Å²) in [5, 5.41) is 0.767. The number of benzene rings is 1. The lowest BCUT2D eigenvalue weighted by atomic mass is 10.0. The zero-order valence-electron chi connectivity index (χ0n) is 17.4. The highest BCUT2D eigenvalue weighted by atomic mass is 19.4. The second-order valence-corrected chi connectivity index (χ2v) is 8.55. The third-order valence-electron chi connectivity index (χ3n) is 6.44. The number of rotatable bonds is 3. The van der Waals surface area contributed by atoms with Crippen LogP contribution in [0.1, 0.15) is 51.6 Å². The Bertz CT molecular complexity index is 1310. The molecule has 33 heavy (non-hydrogen) atoms. The molecule has 1 atom stereocenters. The van der Waals surface area contributed by atoms with Crippen molar-refractivity contribution in [3.05, 3.63) is 58.4 Å². The SMILES string of the molecule is Nc1nc2cnc(C(=O)N(C3CC3)[C@@H]3COc4cc(C(F)(F)F)ccc43)cc2c2c1COC2. The first kappa shape index (κ1) is 20.2. The molecule has 0 spiro atoms. The van der Waals surface area contributed by atoms with Crippen LogP contribution in [0.4, 0.5) is 19.0 Å². The van der Waals surface area contributed by atoms with E-state index < -0.39 is 17.8 Å². The molecule has 1 amide bonds. The molecule has 0 radical (unpaired) electrons. The van der Waals surface area contributed by atoms with E-state index in [9.17, 15) is 18.0 Å². The van der Waals surface area contributed by atoms with Gasteiger partial charge in [-0.2, -0.15) is 13.2 Å². The van der Waals surface area contributed by atoms with E-state index in [1.54, 1.807) is 11.0 Å². The quantitative estimate of drug-likeness (QED) is 0.641. The molecule has 10 heteroatoms. The largest absolute Gasteiger partial charge is 0.491 e. The van der Waals surface area contributed by atoms with Gasteiger partial charge < -0.3 is 20.1 Å². The number of hydrogen-bond donors (Lipinski definition) is 1. The first-order valence-corrected chi connectivity index (χ1v) is 10.6. The average molecular weight is 456 g/mol. The van der Waals surface area contributed by atoms with E-state index in [1.165, 1.54) is 12.3 Å². The molecule has 3 aliphatic rings. The molecule has 2 aliphatic heterocycles. The van der Waals surface area contributed by atoms with Gasteiger partial charge in [-0.25, -0.2) is 9.97 Å². The van der Waals surface area contributed by atoms with Gasteiger partial charge in [-0.15, -0.1) is 0 Å². The number of alkyl halides is 3. The van der Waals surface area contributed by atoms with Crippen LogP contribution in [-0.2, 0) is 24.1 Å². The highest BCUT2D eigenvalue weighted by Gasteiger charge is 2.43. The van der Waals surface area contributed by atoms with Crippen LogP contribution in [0.5, 0.6) is 5.75 Å². The van der Waals surface area contributed by atoms with E-state index in [0.717, 1.165) is 41.5 Å². The maximum absolute atomic E-state index is 13.6. The summed E-state index contributed by atoms with van der Waals surface area (Å²) in [5.74, 6) is 0.271. The summed E-state index contributed by atoms with van der Waals surface area (Å²) in [6.45, 7) is 0.863. The molecular formula is C23H19F3N4O3. The Morgan fingerprint density at radius 2 is 1.94 bits per heavy atom. The molecule has 6 rings (SSSR count). The molecule has 3 aromatic rings. The maximum atomic E-state index is 13.6. The van der Waals surface area contributed by atoms with Gasteiger partial charge in [-0.1, -0.05) is 6.07 Å². The van der Waals surface area contributed by atoms with Crippen molar-refractivity contribution in [2.24, 2.45) is 0 Å². The number of nitrogen functional groups attached to an aromatic ring is 1. The Kier molecular flexibility index (Phi) is 4.32. The number of anilines is 1. The van der Waals surface area contributed by atoms with Crippen LogP contribution in [0.15, 0.2) is 30.5 Å². The number of amides is 1. The fraction of sp³-hybridized carbons (Fsp3) is 0.348. The fourth-order valence-electron chi connectivity index (χ4n) is 4.64. The third-order valence-corrected chi connectivity index (χ3v) is 6.44. The number of nitrogens with zero attached hydrogens (tertiary/aromatic N) is 3. The molecule has 7 nitrogen and oxygen atoms in total. The van der Waals surface area contributed by atoms with Gasteiger partial charge in [-0.05, 0) is 36.6 Å².